The van der Waals surface area contributed by atoms with Gasteiger partial charge in [0.15, 0.2) is 5.82 Å². The fourth-order valence-corrected chi connectivity index (χ4v) is 3.46. The molecule has 1 saturated heterocycles. The first-order valence-electron chi connectivity index (χ1n) is 8.05. The molecule has 3 aromatic rings. The summed E-state index contributed by atoms with van der Waals surface area (Å²) in [5.41, 5.74) is 3.02. The number of aromatic nitrogens is 3. The molecule has 6 heteroatoms. The van der Waals surface area contributed by atoms with Crippen molar-refractivity contribution >= 4 is 11.3 Å². The summed E-state index contributed by atoms with van der Waals surface area (Å²) in [5.74, 6) is 1.67. The van der Waals surface area contributed by atoms with E-state index in [4.69, 9.17) is 4.74 Å². The van der Waals surface area contributed by atoms with Crippen LogP contribution >= 0.6 is 0 Å². The highest BCUT2D eigenvalue weighted by Crippen LogP contribution is 2.38. The lowest BCUT2D eigenvalue weighted by atomic mass is 10.0. The summed E-state index contributed by atoms with van der Waals surface area (Å²) in [6.45, 7) is 2.52. The Kier molecular flexibility index (Phi) is 3.61. The van der Waals surface area contributed by atoms with E-state index < -0.39 is 0 Å². The number of hydrogen-bond acceptors (Lipinski definition) is 5. The van der Waals surface area contributed by atoms with Gasteiger partial charge in [-0.05, 0) is 37.1 Å². The average molecular weight is 324 g/mol. The van der Waals surface area contributed by atoms with Crippen LogP contribution in [-0.2, 0) is 0 Å². The second-order valence-electron chi connectivity index (χ2n) is 6.20. The molecule has 2 atom stereocenters. The van der Waals surface area contributed by atoms with Crippen LogP contribution in [0, 0.1) is 6.92 Å². The maximum atomic E-state index is 10.3. The second-order valence-corrected chi connectivity index (χ2v) is 6.20. The first-order valence-corrected chi connectivity index (χ1v) is 8.05. The number of anilines is 1. The number of nitrogens with zero attached hydrogens (tertiary/aromatic N) is 4. The highest BCUT2D eigenvalue weighted by molar-refractivity contribution is 5.70. The van der Waals surface area contributed by atoms with Gasteiger partial charge < -0.3 is 14.7 Å². The number of fused-ring (bicyclic) bond motifs is 1. The minimum Gasteiger partial charge on any atom is -0.497 e. The normalized spacial score (nSPS) is 20.7. The van der Waals surface area contributed by atoms with E-state index in [2.05, 4.69) is 21.0 Å². The maximum Gasteiger partial charge on any atom is 0.155 e. The zero-order valence-corrected chi connectivity index (χ0v) is 13.8. The molecular formula is C18H20N4O2. The molecule has 4 rings (SSSR count). The van der Waals surface area contributed by atoms with E-state index in [0.717, 1.165) is 28.3 Å². The summed E-state index contributed by atoms with van der Waals surface area (Å²) in [5, 5.41) is 14.7. The van der Waals surface area contributed by atoms with E-state index in [1.165, 1.54) is 0 Å². The molecule has 0 radical (unpaired) electrons. The minimum absolute atomic E-state index is 0.0593. The van der Waals surface area contributed by atoms with Crippen molar-refractivity contribution in [2.75, 3.05) is 18.6 Å². The molecule has 2 aromatic heterocycles. The Morgan fingerprint density at radius 3 is 3.00 bits per heavy atom. The Morgan fingerprint density at radius 1 is 1.29 bits per heavy atom. The van der Waals surface area contributed by atoms with Gasteiger partial charge in [-0.1, -0.05) is 12.1 Å². The maximum absolute atomic E-state index is 10.3. The van der Waals surface area contributed by atoms with Crippen LogP contribution in [0.2, 0.25) is 0 Å². The Hall–Kier alpha value is -2.60. The van der Waals surface area contributed by atoms with Gasteiger partial charge in [0, 0.05) is 18.9 Å². The van der Waals surface area contributed by atoms with Gasteiger partial charge in [-0.25, -0.2) is 9.50 Å². The topological polar surface area (TPSA) is 62.9 Å². The predicted molar refractivity (Wildman–Crippen MR) is 91.4 cm³/mol. The van der Waals surface area contributed by atoms with Crippen LogP contribution in [0.5, 0.6) is 5.75 Å². The summed E-state index contributed by atoms with van der Waals surface area (Å²) in [6, 6.07) is 10.1. The Labute approximate surface area is 140 Å². The quantitative estimate of drug-likeness (QED) is 0.801. The van der Waals surface area contributed by atoms with Crippen molar-refractivity contribution < 1.29 is 9.84 Å². The van der Waals surface area contributed by atoms with E-state index in [1.54, 1.807) is 13.3 Å². The monoisotopic (exact) mass is 324 g/mol. The molecule has 0 unspecified atom stereocenters. The first kappa shape index (κ1) is 15.0. The fourth-order valence-electron chi connectivity index (χ4n) is 3.46. The number of rotatable bonds is 3. The second kappa shape index (κ2) is 5.79. The van der Waals surface area contributed by atoms with Gasteiger partial charge in [0.25, 0.3) is 0 Å². The van der Waals surface area contributed by atoms with Crippen molar-refractivity contribution in [2.24, 2.45) is 0 Å². The molecule has 1 aliphatic heterocycles. The molecule has 1 fully saturated rings. The van der Waals surface area contributed by atoms with Crippen LogP contribution in [0.3, 0.4) is 0 Å². The van der Waals surface area contributed by atoms with Crippen LogP contribution in [-0.4, -0.2) is 39.5 Å². The van der Waals surface area contributed by atoms with E-state index in [0.29, 0.717) is 13.0 Å². The lowest BCUT2D eigenvalue weighted by molar-refractivity contribution is 0.194. The highest BCUT2D eigenvalue weighted by Gasteiger charge is 2.34. The zero-order valence-electron chi connectivity index (χ0n) is 13.8. The van der Waals surface area contributed by atoms with Gasteiger partial charge in [0.2, 0.25) is 0 Å². The number of aliphatic hydroxyl groups is 1. The molecule has 24 heavy (non-hydrogen) atoms. The first-order chi connectivity index (χ1) is 11.7. The van der Waals surface area contributed by atoms with Gasteiger partial charge in [-0.3, -0.25) is 0 Å². The van der Waals surface area contributed by atoms with Crippen LogP contribution in [0.15, 0.2) is 42.7 Å². The molecule has 0 saturated carbocycles. The summed E-state index contributed by atoms with van der Waals surface area (Å²) < 4.78 is 7.18. The minimum atomic E-state index is -0.382. The third-order valence-electron chi connectivity index (χ3n) is 4.52. The van der Waals surface area contributed by atoms with Crippen LogP contribution in [0.4, 0.5) is 5.82 Å². The third kappa shape index (κ3) is 2.49. The lowest BCUT2D eigenvalue weighted by Crippen LogP contribution is -2.25. The number of ether oxygens (including phenoxy) is 1. The lowest BCUT2D eigenvalue weighted by Gasteiger charge is -2.26. The molecule has 0 amide bonds. The molecule has 0 bridgehead atoms. The molecule has 0 spiro atoms. The van der Waals surface area contributed by atoms with Gasteiger partial charge in [-0.2, -0.15) is 5.10 Å². The average Bonchev–Trinajstić information content (AvgIpc) is 3.16. The van der Waals surface area contributed by atoms with Crippen LogP contribution in [0.25, 0.3) is 5.52 Å². The van der Waals surface area contributed by atoms with Crippen molar-refractivity contribution in [3.63, 3.8) is 0 Å². The van der Waals surface area contributed by atoms with Crippen molar-refractivity contribution in [1.82, 2.24) is 14.6 Å². The van der Waals surface area contributed by atoms with Crippen molar-refractivity contribution in [2.45, 2.75) is 25.5 Å². The number of aliphatic hydroxyl groups excluding tert-OH is 1. The molecule has 3 heterocycles. The Morgan fingerprint density at radius 2 is 2.17 bits per heavy atom. The van der Waals surface area contributed by atoms with Gasteiger partial charge >= 0.3 is 0 Å². The van der Waals surface area contributed by atoms with Gasteiger partial charge in [0.1, 0.15) is 11.3 Å². The highest BCUT2D eigenvalue weighted by atomic mass is 16.5. The van der Waals surface area contributed by atoms with Crippen LogP contribution in [0.1, 0.15) is 23.7 Å². The van der Waals surface area contributed by atoms with Gasteiger partial charge in [-0.15, -0.1) is 0 Å². The molecule has 1 aliphatic rings. The molecule has 1 N–H and O–H groups in total. The molecule has 6 nitrogen and oxygen atoms in total. The van der Waals surface area contributed by atoms with Crippen molar-refractivity contribution in [3.8, 4) is 5.75 Å². The van der Waals surface area contributed by atoms with Crippen molar-refractivity contribution in [3.05, 3.63) is 54.0 Å². The fraction of sp³-hybridized carbons (Fsp3) is 0.333. The Bertz CT molecular complexity index is 876. The number of benzene rings is 1. The molecule has 124 valence electrons. The van der Waals surface area contributed by atoms with E-state index in [-0.39, 0.29) is 12.1 Å². The number of aryl methyl sites for hydroxylation is 1. The summed E-state index contributed by atoms with van der Waals surface area (Å²) >= 11 is 0. The number of β-amino-alcohol motifs (C(OH)–C–C–N with tert-alkyl or cyclic N) is 1. The smallest absolute Gasteiger partial charge is 0.155 e. The van der Waals surface area contributed by atoms with Gasteiger partial charge in [0.05, 0.1) is 24.9 Å². The summed E-state index contributed by atoms with van der Waals surface area (Å²) in [4.78, 5) is 6.74. The number of hydrogen-bond donors (Lipinski definition) is 1. The largest absolute Gasteiger partial charge is 0.497 e. The summed E-state index contributed by atoms with van der Waals surface area (Å²) in [7, 11) is 1.66. The Balaban J connectivity index is 1.79. The van der Waals surface area contributed by atoms with E-state index in [9.17, 15) is 5.11 Å². The van der Waals surface area contributed by atoms with Crippen molar-refractivity contribution in [1.29, 1.82) is 0 Å². The van der Waals surface area contributed by atoms with Crippen LogP contribution < -0.4 is 9.64 Å². The van der Waals surface area contributed by atoms with E-state index >= 15 is 0 Å². The molecular weight excluding hydrogens is 304 g/mol. The standard InChI is InChI=1S/C18H20N4O2/c1-12-8-17-18(19-6-7-22(17)20-12)21-11-14(23)10-16(21)13-4-3-5-15(9-13)24-2/h3-9,14,16,23H,10-11H2,1-2H3/t14-,16+/m0/s1. The zero-order chi connectivity index (χ0) is 16.7. The summed E-state index contributed by atoms with van der Waals surface area (Å²) in [6.07, 6.45) is 3.89. The van der Waals surface area contributed by atoms with E-state index in [1.807, 2.05) is 41.9 Å². The molecule has 0 aliphatic carbocycles. The molecule has 1 aromatic carbocycles. The SMILES string of the molecule is COc1cccc([C@H]2C[C@H](O)CN2c2nccn3nc(C)cc23)c1. The predicted octanol–water partition coefficient (Wildman–Crippen LogP) is 2.36. The number of methoxy groups -OCH3 is 1. The third-order valence-corrected chi connectivity index (χ3v) is 4.52.